The van der Waals surface area contributed by atoms with E-state index in [2.05, 4.69) is 12.2 Å². The van der Waals surface area contributed by atoms with Gasteiger partial charge in [-0.1, -0.05) is 36.2 Å². The fourth-order valence-electron chi connectivity index (χ4n) is 2.64. The van der Waals surface area contributed by atoms with Crippen LogP contribution in [0.2, 0.25) is 10.0 Å². The fraction of sp³-hybridized carbons (Fsp3) is 0.533. The Kier molecular flexibility index (Phi) is 4.95. The van der Waals surface area contributed by atoms with Gasteiger partial charge in [-0.25, -0.2) is 0 Å². The number of amides is 1. The van der Waals surface area contributed by atoms with Gasteiger partial charge in [-0.15, -0.1) is 0 Å². The third-order valence-corrected chi connectivity index (χ3v) is 4.74. The second kappa shape index (κ2) is 6.33. The zero-order valence-corrected chi connectivity index (χ0v) is 13.5. The summed E-state index contributed by atoms with van der Waals surface area (Å²) in [6, 6.07) is 5.33. The maximum atomic E-state index is 12.6. The highest BCUT2D eigenvalue weighted by Crippen LogP contribution is 2.30. The zero-order valence-electron chi connectivity index (χ0n) is 12.0. The summed E-state index contributed by atoms with van der Waals surface area (Å²) in [5, 5.41) is 4.47. The molecule has 20 heavy (non-hydrogen) atoms. The zero-order chi connectivity index (χ0) is 14.9. The van der Waals surface area contributed by atoms with Crippen molar-refractivity contribution in [3.05, 3.63) is 33.8 Å². The molecule has 3 nitrogen and oxygen atoms in total. The van der Waals surface area contributed by atoms with E-state index in [9.17, 15) is 4.79 Å². The minimum Gasteiger partial charge on any atom is -0.339 e. The van der Waals surface area contributed by atoms with E-state index in [1.54, 1.807) is 17.0 Å². The second-order valence-electron chi connectivity index (χ2n) is 5.53. The van der Waals surface area contributed by atoms with Crippen molar-refractivity contribution in [3.63, 3.8) is 0 Å². The second-order valence-corrected chi connectivity index (χ2v) is 6.38. The molecule has 1 saturated heterocycles. The predicted octanol–water partition coefficient (Wildman–Crippen LogP) is 3.37. The molecule has 0 saturated carbocycles. The lowest BCUT2D eigenvalue weighted by molar-refractivity contribution is -0.136. The first-order valence-corrected chi connectivity index (χ1v) is 7.59. The maximum absolute atomic E-state index is 12.6. The first-order chi connectivity index (χ1) is 9.41. The van der Waals surface area contributed by atoms with E-state index in [1.165, 1.54) is 0 Å². The largest absolute Gasteiger partial charge is 0.339 e. The van der Waals surface area contributed by atoms with Gasteiger partial charge in [0, 0.05) is 23.6 Å². The monoisotopic (exact) mass is 314 g/mol. The van der Waals surface area contributed by atoms with E-state index in [1.807, 2.05) is 20.0 Å². The Morgan fingerprint density at radius 3 is 2.65 bits per heavy atom. The Morgan fingerprint density at radius 1 is 1.40 bits per heavy atom. The van der Waals surface area contributed by atoms with Gasteiger partial charge in [0.25, 0.3) is 0 Å². The summed E-state index contributed by atoms with van der Waals surface area (Å²) in [6.45, 7) is 5.75. The lowest BCUT2D eigenvalue weighted by Crippen LogP contribution is -2.37. The maximum Gasteiger partial charge on any atom is 0.227 e. The molecule has 1 aromatic rings. The summed E-state index contributed by atoms with van der Waals surface area (Å²) in [4.78, 5) is 14.3. The minimum absolute atomic E-state index is 0.0496. The van der Waals surface area contributed by atoms with Crippen LogP contribution < -0.4 is 5.32 Å². The van der Waals surface area contributed by atoms with Crippen LogP contribution in [-0.4, -0.2) is 30.9 Å². The third-order valence-electron chi connectivity index (χ3n) is 4.18. The smallest absolute Gasteiger partial charge is 0.227 e. The number of carbonyl (C=O) groups is 1. The third kappa shape index (κ3) is 3.11. The first kappa shape index (κ1) is 15.6. The lowest BCUT2D eigenvalue weighted by atomic mass is 9.95. The minimum atomic E-state index is -0.0694. The van der Waals surface area contributed by atoms with Gasteiger partial charge in [0.15, 0.2) is 0 Å². The van der Waals surface area contributed by atoms with Gasteiger partial charge in [-0.05, 0) is 37.1 Å². The summed E-state index contributed by atoms with van der Waals surface area (Å²) in [7, 11) is 1.84. The molecule has 2 rings (SSSR count). The molecule has 1 fully saturated rings. The van der Waals surface area contributed by atoms with Crippen molar-refractivity contribution >= 4 is 29.1 Å². The Morgan fingerprint density at radius 2 is 2.10 bits per heavy atom. The van der Waals surface area contributed by atoms with Gasteiger partial charge in [0.1, 0.15) is 0 Å². The van der Waals surface area contributed by atoms with Crippen molar-refractivity contribution < 1.29 is 4.79 Å². The molecule has 0 spiro atoms. The van der Waals surface area contributed by atoms with E-state index in [0.717, 1.165) is 18.7 Å². The van der Waals surface area contributed by atoms with Crippen LogP contribution >= 0.6 is 23.2 Å². The van der Waals surface area contributed by atoms with Crippen LogP contribution in [0.5, 0.6) is 0 Å². The molecule has 1 N–H and O–H groups in total. The average Bonchev–Trinajstić information content (AvgIpc) is 2.82. The number of rotatable bonds is 3. The molecule has 0 bridgehead atoms. The van der Waals surface area contributed by atoms with Gasteiger partial charge in [0.05, 0.1) is 12.0 Å². The van der Waals surface area contributed by atoms with Gasteiger partial charge in [-0.3, -0.25) is 4.79 Å². The molecule has 5 heteroatoms. The number of benzene rings is 1. The van der Waals surface area contributed by atoms with Gasteiger partial charge in [-0.2, -0.15) is 0 Å². The molecule has 1 aliphatic heterocycles. The average molecular weight is 315 g/mol. The SMILES string of the molecule is CC(c1ccc(Cl)cc1Cl)N(C)C(=O)[C@@H]1CNC[C@H]1C. The number of halogens is 2. The highest BCUT2D eigenvalue weighted by molar-refractivity contribution is 6.35. The number of nitrogens with one attached hydrogen (secondary N) is 1. The van der Waals surface area contributed by atoms with Crippen LogP contribution in [0.1, 0.15) is 25.5 Å². The molecule has 1 amide bonds. The summed E-state index contributed by atoms with van der Waals surface area (Å²) in [6.07, 6.45) is 0. The molecule has 0 aliphatic carbocycles. The summed E-state index contributed by atoms with van der Waals surface area (Å²) in [5.41, 5.74) is 0.922. The van der Waals surface area contributed by atoms with Crippen molar-refractivity contribution in [3.8, 4) is 0 Å². The highest BCUT2D eigenvalue weighted by atomic mass is 35.5. The van der Waals surface area contributed by atoms with E-state index >= 15 is 0 Å². The van der Waals surface area contributed by atoms with E-state index in [4.69, 9.17) is 23.2 Å². The lowest BCUT2D eigenvalue weighted by Gasteiger charge is -2.29. The molecular weight excluding hydrogens is 295 g/mol. The van der Waals surface area contributed by atoms with Crippen LogP contribution in [0.3, 0.4) is 0 Å². The standard InChI is InChI=1S/C15H20Cl2N2O/c1-9-7-18-8-13(9)15(20)19(3)10(2)12-5-4-11(16)6-14(12)17/h4-6,9-10,13,18H,7-8H2,1-3H3/t9-,10?,13-/m1/s1. The van der Waals surface area contributed by atoms with Crippen LogP contribution in [0.4, 0.5) is 0 Å². The molecule has 1 heterocycles. The fourth-order valence-corrected chi connectivity index (χ4v) is 3.21. The molecule has 1 unspecified atom stereocenters. The van der Waals surface area contributed by atoms with Crippen LogP contribution in [-0.2, 0) is 4.79 Å². The topological polar surface area (TPSA) is 32.3 Å². The Bertz CT molecular complexity index is 507. The van der Waals surface area contributed by atoms with Crippen molar-refractivity contribution in [2.75, 3.05) is 20.1 Å². The van der Waals surface area contributed by atoms with Gasteiger partial charge in [0.2, 0.25) is 5.91 Å². The van der Waals surface area contributed by atoms with E-state index < -0.39 is 0 Å². The van der Waals surface area contributed by atoms with Crippen molar-refractivity contribution in [1.82, 2.24) is 10.2 Å². The Labute approximate surface area is 130 Å². The number of hydrogen-bond acceptors (Lipinski definition) is 2. The van der Waals surface area contributed by atoms with Crippen molar-refractivity contribution in [2.24, 2.45) is 11.8 Å². The van der Waals surface area contributed by atoms with E-state index in [0.29, 0.717) is 16.0 Å². The molecule has 0 aromatic heterocycles. The quantitative estimate of drug-likeness (QED) is 0.927. The van der Waals surface area contributed by atoms with Crippen LogP contribution in [0, 0.1) is 11.8 Å². The molecule has 1 aliphatic rings. The Balaban J connectivity index is 2.15. The Hall–Kier alpha value is -0.770. The van der Waals surface area contributed by atoms with Crippen LogP contribution in [0.15, 0.2) is 18.2 Å². The first-order valence-electron chi connectivity index (χ1n) is 6.84. The molecule has 1 aromatic carbocycles. The molecule has 110 valence electrons. The highest BCUT2D eigenvalue weighted by Gasteiger charge is 2.33. The van der Waals surface area contributed by atoms with Crippen molar-refractivity contribution in [2.45, 2.75) is 19.9 Å². The van der Waals surface area contributed by atoms with Crippen LogP contribution in [0.25, 0.3) is 0 Å². The summed E-state index contributed by atoms with van der Waals surface area (Å²) >= 11 is 12.1. The number of hydrogen-bond donors (Lipinski definition) is 1. The molecular formula is C15H20Cl2N2O. The predicted molar refractivity (Wildman–Crippen MR) is 83.2 cm³/mol. The number of nitrogens with zero attached hydrogens (tertiary/aromatic N) is 1. The number of carbonyl (C=O) groups excluding carboxylic acids is 1. The normalized spacial score (nSPS) is 23.6. The molecule has 3 atom stereocenters. The van der Waals surface area contributed by atoms with Gasteiger partial charge < -0.3 is 10.2 Å². The van der Waals surface area contributed by atoms with E-state index in [-0.39, 0.29) is 17.9 Å². The van der Waals surface area contributed by atoms with Gasteiger partial charge >= 0.3 is 0 Å². The van der Waals surface area contributed by atoms with Crippen molar-refractivity contribution in [1.29, 1.82) is 0 Å². The molecule has 0 radical (unpaired) electrons. The summed E-state index contributed by atoms with van der Waals surface area (Å²) < 4.78 is 0. The summed E-state index contributed by atoms with van der Waals surface area (Å²) in [5.74, 6) is 0.590.